The van der Waals surface area contributed by atoms with Crippen LogP contribution in [0.4, 0.5) is 0 Å². The first-order valence-corrected chi connectivity index (χ1v) is 5.90. The summed E-state index contributed by atoms with van der Waals surface area (Å²) < 4.78 is 5.59. The van der Waals surface area contributed by atoms with Crippen molar-refractivity contribution in [3.8, 4) is 0 Å². The standard InChI is InChI=1S/C12H24O/c1-11(2)13-10-9-12-7-5-3-4-6-8-12/h11-12H,3-10H2,1-2H3. The molecule has 0 aromatic rings. The van der Waals surface area contributed by atoms with Crippen molar-refractivity contribution in [1.82, 2.24) is 0 Å². The van der Waals surface area contributed by atoms with Crippen LogP contribution < -0.4 is 0 Å². The molecule has 0 heterocycles. The second-order valence-corrected chi connectivity index (χ2v) is 4.57. The Morgan fingerprint density at radius 3 is 2.23 bits per heavy atom. The third kappa shape index (κ3) is 5.30. The normalized spacial score (nSPS) is 20.5. The van der Waals surface area contributed by atoms with E-state index in [2.05, 4.69) is 13.8 Å². The van der Waals surface area contributed by atoms with Crippen molar-refractivity contribution < 1.29 is 4.74 Å². The Labute approximate surface area is 82.9 Å². The number of hydrogen-bond acceptors (Lipinski definition) is 1. The van der Waals surface area contributed by atoms with Crippen molar-refractivity contribution in [3.05, 3.63) is 0 Å². The molecule has 0 atom stereocenters. The van der Waals surface area contributed by atoms with Gasteiger partial charge in [0.2, 0.25) is 0 Å². The van der Waals surface area contributed by atoms with Gasteiger partial charge in [0.1, 0.15) is 0 Å². The summed E-state index contributed by atoms with van der Waals surface area (Å²) in [6.45, 7) is 5.21. The Balaban J connectivity index is 2.05. The average Bonchev–Trinajstić information content (AvgIpc) is 2.32. The van der Waals surface area contributed by atoms with Gasteiger partial charge in [-0.3, -0.25) is 0 Å². The van der Waals surface area contributed by atoms with Crippen LogP contribution >= 0.6 is 0 Å². The van der Waals surface area contributed by atoms with Crippen LogP contribution in [0.15, 0.2) is 0 Å². The number of rotatable bonds is 4. The molecule has 1 rings (SSSR count). The van der Waals surface area contributed by atoms with E-state index in [9.17, 15) is 0 Å². The fraction of sp³-hybridized carbons (Fsp3) is 1.00. The van der Waals surface area contributed by atoms with Crippen LogP contribution in [-0.4, -0.2) is 12.7 Å². The van der Waals surface area contributed by atoms with E-state index in [1.807, 2.05) is 0 Å². The van der Waals surface area contributed by atoms with Crippen molar-refractivity contribution in [1.29, 1.82) is 0 Å². The lowest BCUT2D eigenvalue weighted by molar-refractivity contribution is 0.0670. The lowest BCUT2D eigenvalue weighted by Crippen LogP contribution is -2.08. The monoisotopic (exact) mass is 184 g/mol. The van der Waals surface area contributed by atoms with E-state index >= 15 is 0 Å². The average molecular weight is 184 g/mol. The van der Waals surface area contributed by atoms with Crippen LogP contribution in [0.1, 0.15) is 58.8 Å². The maximum Gasteiger partial charge on any atom is 0.0518 e. The van der Waals surface area contributed by atoms with Gasteiger partial charge in [0.25, 0.3) is 0 Å². The molecule has 0 N–H and O–H groups in total. The zero-order chi connectivity index (χ0) is 9.52. The fourth-order valence-electron chi connectivity index (χ4n) is 2.12. The van der Waals surface area contributed by atoms with Gasteiger partial charge in [0, 0.05) is 6.61 Å². The van der Waals surface area contributed by atoms with Crippen molar-refractivity contribution in [2.45, 2.75) is 64.9 Å². The molecule has 1 aliphatic rings. The Morgan fingerprint density at radius 1 is 1.08 bits per heavy atom. The minimum absolute atomic E-state index is 0.408. The van der Waals surface area contributed by atoms with Gasteiger partial charge in [0.15, 0.2) is 0 Å². The van der Waals surface area contributed by atoms with Crippen molar-refractivity contribution in [2.24, 2.45) is 5.92 Å². The van der Waals surface area contributed by atoms with Crippen LogP contribution in [0.5, 0.6) is 0 Å². The van der Waals surface area contributed by atoms with Gasteiger partial charge in [0.05, 0.1) is 6.10 Å². The second-order valence-electron chi connectivity index (χ2n) is 4.57. The summed E-state index contributed by atoms with van der Waals surface area (Å²) in [7, 11) is 0. The van der Waals surface area contributed by atoms with Crippen molar-refractivity contribution in [2.75, 3.05) is 6.61 Å². The van der Waals surface area contributed by atoms with Crippen LogP contribution in [0.2, 0.25) is 0 Å². The van der Waals surface area contributed by atoms with Gasteiger partial charge >= 0.3 is 0 Å². The summed E-state index contributed by atoms with van der Waals surface area (Å²) >= 11 is 0. The first kappa shape index (κ1) is 11.0. The molecule has 0 spiro atoms. The molecule has 0 bridgehead atoms. The lowest BCUT2D eigenvalue weighted by Gasteiger charge is -2.14. The molecule has 0 saturated heterocycles. The van der Waals surface area contributed by atoms with E-state index in [0.717, 1.165) is 12.5 Å². The molecular weight excluding hydrogens is 160 g/mol. The van der Waals surface area contributed by atoms with Gasteiger partial charge in [-0.05, 0) is 26.2 Å². The quantitative estimate of drug-likeness (QED) is 0.604. The summed E-state index contributed by atoms with van der Waals surface area (Å²) in [5, 5.41) is 0. The first-order valence-electron chi connectivity index (χ1n) is 5.90. The summed E-state index contributed by atoms with van der Waals surface area (Å²) in [5.74, 6) is 0.959. The summed E-state index contributed by atoms with van der Waals surface area (Å²) in [6, 6.07) is 0. The van der Waals surface area contributed by atoms with Gasteiger partial charge in [-0.2, -0.15) is 0 Å². The van der Waals surface area contributed by atoms with Crippen LogP contribution in [0, 0.1) is 5.92 Å². The predicted octanol–water partition coefficient (Wildman–Crippen LogP) is 3.77. The SMILES string of the molecule is CC(C)OCCC1CCCCCC1. The highest BCUT2D eigenvalue weighted by molar-refractivity contribution is 4.64. The minimum Gasteiger partial charge on any atom is -0.379 e. The zero-order valence-electron chi connectivity index (χ0n) is 9.22. The molecule has 0 radical (unpaired) electrons. The smallest absolute Gasteiger partial charge is 0.0518 e. The molecule has 0 aliphatic heterocycles. The highest BCUT2D eigenvalue weighted by Crippen LogP contribution is 2.25. The van der Waals surface area contributed by atoms with E-state index in [1.54, 1.807) is 0 Å². The third-order valence-corrected chi connectivity index (χ3v) is 2.95. The molecule has 78 valence electrons. The fourth-order valence-corrected chi connectivity index (χ4v) is 2.12. The molecule has 0 unspecified atom stereocenters. The third-order valence-electron chi connectivity index (χ3n) is 2.95. The molecule has 1 aliphatic carbocycles. The lowest BCUT2D eigenvalue weighted by atomic mass is 9.97. The Kier molecular flexibility index (Phi) is 5.45. The second kappa shape index (κ2) is 6.42. The van der Waals surface area contributed by atoms with E-state index in [-0.39, 0.29) is 0 Å². The van der Waals surface area contributed by atoms with Gasteiger partial charge in [-0.15, -0.1) is 0 Å². The van der Waals surface area contributed by atoms with Crippen LogP contribution in [0.25, 0.3) is 0 Å². The van der Waals surface area contributed by atoms with Gasteiger partial charge in [-0.1, -0.05) is 38.5 Å². The molecule has 0 amide bonds. The number of hydrogen-bond donors (Lipinski definition) is 0. The van der Waals surface area contributed by atoms with E-state index in [0.29, 0.717) is 6.10 Å². The highest BCUT2D eigenvalue weighted by atomic mass is 16.5. The van der Waals surface area contributed by atoms with Crippen LogP contribution in [-0.2, 0) is 4.74 Å². The minimum atomic E-state index is 0.408. The zero-order valence-corrected chi connectivity index (χ0v) is 9.22. The first-order chi connectivity index (χ1) is 6.29. The largest absolute Gasteiger partial charge is 0.379 e. The summed E-state index contributed by atoms with van der Waals surface area (Å²) in [4.78, 5) is 0. The molecule has 0 aromatic carbocycles. The highest BCUT2D eigenvalue weighted by Gasteiger charge is 2.11. The Hall–Kier alpha value is -0.0400. The Morgan fingerprint density at radius 2 is 1.69 bits per heavy atom. The van der Waals surface area contributed by atoms with E-state index < -0.39 is 0 Å². The molecule has 1 heteroatoms. The topological polar surface area (TPSA) is 9.23 Å². The maximum absolute atomic E-state index is 5.59. The number of ether oxygens (including phenoxy) is 1. The van der Waals surface area contributed by atoms with E-state index in [4.69, 9.17) is 4.74 Å². The maximum atomic E-state index is 5.59. The summed E-state index contributed by atoms with van der Waals surface area (Å²) in [5.41, 5.74) is 0. The molecule has 1 fully saturated rings. The molecular formula is C12H24O. The van der Waals surface area contributed by atoms with Crippen molar-refractivity contribution >= 4 is 0 Å². The molecule has 1 saturated carbocycles. The molecule has 13 heavy (non-hydrogen) atoms. The summed E-state index contributed by atoms with van der Waals surface area (Å²) in [6.07, 6.45) is 10.4. The predicted molar refractivity (Wildman–Crippen MR) is 56.9 cm³/mol. The Bertz CT molecular complexity index is 112. The van der Waals surface area contributed by atoms with E-state index in [1.165, 1.54) is 44.9 Å². The molecule has 1 nitrogen and oxygen atoms in total. The van der Waals surface area contributed by atoms with Crippen molar-refractivity contribution in [3.63, 3.8) is 0 Å². The van der Waals surface area contributed by atoms with Gasteiger partial charge in [-0.25, -0.2) is 0 Å². The van der Waals surface area contributed by atoms with Gasteiger partial charge < -0.3 is 4.74 Å². The van der Waals surface area contributed by atoms with Crippen LogP contribution in [0.3, 0.4) is 0 Å². The molecule has 0 aromatic heterocycles.